The molecule has 7 heteroatoms. The number of carbonyl (C=O) groups excluding carboxylic acids is 1. The van der Waals surface area contributed by atoms with Crippen molar-refractivity contribution in [2.45, 2.75) is 18.7 Å². The van der Waals surface area contributed by atoms with E-state index in [1.54, 1.807) is 29.3 Å². The van der Waals surface area contributed by atoms with Gasteiger partial charge in [0.1, 0.15) is 5.82 Å². The summed E-state index contributed by atoms with van der Waals surface area (Å²) in [5.74, 6) is 2.74. The summed E-state index contributed by atoms with van der Waals surface area (Å²) in [5.41, 5.74) is 8.02. The first kappa shape index (κ1) is 13.5. The molecule has 0 unspecified atom stereocenters. The third kappa shape index (κ3) is 2.55. The number of hydrogen-bond donors (Lipinski definition) is 2. The van der Waals surface area contributed by atoms with Crippen LogP contribution in [0.1, 0.15) is 25.7 Å². The largest absolute Gasteiger partial charge is 0.384 e. The molecule has 0 saturated heterocycles. The predicted octanol–water partition coefficient (Wildman–Crippen LogP) is 1.78. The molecular formula is C13H16N4OS2. The van der Waals surface area contributed by atoms with Gasteiger partial charge in [-0.05, 0) is 23.8 Å². The Kier molecular flexibility index (Phi) is 3.71. The van der Waals surface area contributed by atoms with Gasteiger partial charge in [0.25, 0.3) is 5.91 Å². The van der Waals surface area contributed by atoms with Crippen molar-refractivity contribution in [1.29, 1.82) is 0 Å². The van der Waals surface area contributed by atoms with Crippen molar-refractivity contribution in [1.82, 2.24) is 15.1 Å². The van der Waals surface area contributed by atoms with Crippen LogP contribution in [0.3, 0.4) is 0 Å². The molecule has 0 radical (unpaired) electrons. The second kappa shape index (κ2) is 5.49. The number of nitrogens with one attached hydrogen (secondary N) is 1. The van der Waals surface area contributed by atoms with E-state index in [1.165, 1.54) is 10.4 Å². The van der Waals surface area contributed by atoms with Crippen molar-refractivity contribution in [2.75, 3.05) is 11.5 Å². The van der Waals surface area contributed by atoms with Crippen LogP contribution in [-0.4, -0.2) is 21.4 Å². The molecule has 3 N–H and O–H groups in total. The summed E-state index contributed by atoms with van der Waals surface area (Å²) in [5, 5.41) is 6.97. The molecule has 5 nitrogen and oxygen atoms in total. The fraction of sp³-hybridized carbons (Fsp3) is 0.385. The predicted molar refractivity (Wildman–Crippen MR) is 83.0 cm³/mol. The molecule has 0 fully saturated rings. The second-order valence-electron chi connectivity index (χ2n) is 4.72. The number of nitrogen functional groups attached to an aromatic ring is 1. The Hall–Kier alpha value is -1.47. The van der Waals surface area contributed by atoms with Gasteiger partial charge in [-0.15, -0.1) is 11.3 Å². The number of thiophene rings is 1. The molecule has 0 spiro atoms. The Morgan fingerprint density at radius 1 is 1.60 bits per heavy atom. The highest BCUT2D eigenvalue weighted by atomic mass is 32.2. The van der Waals surface area contributed by atoms with E-state index in [9.17, 15) is 4.79 Å². The van der Waals surface area contributed by atoms with Crippen LogP contribution in [0.25, 0.3) is 0 Å². The van der Waals surface area contributed by atoms with E-state index in [0.717, 1.165) is 28.4 Å². The molecule has 2 aromatic rings. The molecule has 106 valence electrons. The van der Waals surface area contributed by atoms with Crippen LogP contribution in [0.5, 0.6) is 0 Å². The van der Waals surface area contributed by atoms with E-state index in [4.69, 9.17) is 5.73 Å². The highest BCUT2D eigenvalue weighted by molar-refractivity contribution is 7.98. The molecule has 1 aliphatic rings. The first-order valence-corrected chi connectivity index (χ1v) is 8.36. The number of thioether (sulfide) groups is 1. The van der Waals surface area contributed by atoms with Crippen LogP contribution in [-0.2, 0) is 25.8 Å². The normalized spacial score (nSPS) is 14.1. The van der Waals surface area contributed by atoms with Gasteiger partial charge in [0.05, 0.1) is 11.1 Å². The van der Waals surface area contributed by atoms with Gasteiger partial charge in [-0.2, -0.15) is 16.9 Å². The lowest BCUT2D eigenvalue weighted by Crippen LogP contribution is -2.22. The van der Waals surface area contributed by atoms with Crippen LogP contribution >= 0.6 is 23.1 Å². The monoisotopic (exact) mass is 308 g/mol. The zero-order valence-corrected chi connectivity index (χ0v) is 12.8. The number of carbonyl (C=O) groups is 1. The van der Waals surface area contributed by atoms with Gasteiger partial charge < -0.3 is 11.1 Å². The van der Waals surface area contributed by atoms with Gasteiger partial charge >= 0.3 is 0 Å². The van der Waals surface area contributed by atoms with Gasteiger partial charge in [0, 0.05) is 29.8 Å². The van der Waals surface area contributed by atoms with Crippen molar-refractivity contribution < 1.29 is 4.79 Å². The van der Waals surface area contributed by atoms with Crippen LogP contribution in [0.4, 0.5) is 5.82 Å². The SMILES string of the molecule is Cn1ncc(CNC(=O)c2cc3c(s2)CCSC3)c1N. The minimum Gasteiger partial charge on any atom is -0.384 e. The van der Waals surface area contributed by atoms with Crippen molar-refractivity contribution in [3.63, 3.8) is 0 Å². The molecular weight excluding hydrogens is 292 g/mol. The lowest BCUT2D eigenvalue weighted by atomic mass is 10.2. The molecule has 3 heterocycles. The molecule has 0 aromatic carbocycles. The summed E-state index contributed by atoms with van der Waals surface area (Å²) in [6.45, 7) is 0.413. The second-order valence-corrected chi connectivity index (χ2v) is 6.96. The summed E-state index contributed by atoms with van der Waals surface area (Å²) in [6.07, 6.45) is 2.76. The maximum absolute atomic E-state index is 12.2. The number of amides is 1. The zero-order chi connectivity index (χ0) is 14.1. The Balaban J connectivity index is 1.67. The third-order valence-electron chi connectivity index (χ3n) is 3.36. The Morgan fingerprint density at radius 3 is 3.15 bits per heavy atom. The average molecular weight is 308 g/mol. The van der Waals surface area contributed by atoms with Crippen molar-refractivity contribution in [3.05, 3.63) is 33.1 Å². The molecule has 0 aliphatic carbocycles. The topological polar surface area (TPSA) is 72.9 Å². The maximum atomic E-state index is 12.2. The van der Waals surface area contributed by atoms with Gasteiger partial charge in [-0.1, -0.05) is 0 Å². The standard InChI is InChI=1S/C13H16N4OS2/c1-17-12(14)9(6-16-17)5-15-13(18)11-4-8-7-19-3-2-10(8)20-11/h4,6H,2-3,5,7,14H2,1H3,(H,15,18). The number of rotatable bonds is 3. The van der Waals surface area contributed by atoms with Crippen LogP contribution in [0.15, 0.2) is 12.3 Å². The lowest BCUT2D eigenvalue weighted by molar-refractivity contribution is 0.0955. The maximum Gasteiger partial charge on any atom is 0.261 e. The number of aromatic nitrogens is 2. The lowest BCUT2D eigenvalue weighted by Gasteiger charge is -2.08. The highest BCUT2D eigenvalue weighted by Crippen LogP contribution is 2.31. The van der Waals surface area contributed by atoms with Gasteiger partial charge in [0.2, 0.25) is 0 Å². The number of aryl methyl sites for hydroxylation is 2. The number of anilines is 1. The summed E-state index contributed by atoms with van der Waals surface area (Å²) in [6, 6.07) is 2.02. The minimum atomic E-state index is -0.0300. The number of nitrogens with zero attached hydrogens (tertiary/aromatic N) is 2. The fourth-order valence-corrected chi connectivity index (χ4v) is 4.44. The quantitative estimate of drug-likeness (QED) is 0.906. The van der Waals surface area contributed by atoms with E-state index < -0.39 is 0 Å². The van der Waals surface area contributed by atoms with Crippen molar-refractivity contribution in [3.8, 4) is 0 Å². The summed E-state index contributed by atoms with van der Waals surface area (Å²) in [4.78, 5) is 14.3. The third-order valence-corrected chi connectivity index (χ3v) is 5.60. The first-order chi connectivity index (χ1) is 9.65. The highest BCUT2D eigenvalue weighted by Gasteiger charge is 2.17. The Morgan fingerprint density at radius 2 is 2.45 bits per heavy atom. The van der Waals surface area contributed by atoms with Gasteiger partial charge in [-0.3, -0.25) is 9.48 Å². The van der Waals surface area contributed by atoms with E-state index in [1.807, 2.05) is 17.8 Å². The summed E-state index contributed by atoms with van der Waals surface area (Å²) < 4.78 is 1.60. The number of hydrogen-bond acceptors (Lipinski definition) is 5. The smallest absolute Gasteiger partial charge is 0.261 e. The molecule has 2 aromatic heterocycles. The average Bonchev–Trinajstić information content (AvgIpc) is 3.02. The number of nitrogens with two attached hydrogens (primary N) is 1. The van der Waals surface area contributed by atoms with Crippen LogP contribution in [0, 0.1) is 0 Å². The van der Waals surface area contributed by atoms with E-state index in [-0.39, 0.29) is 5.91 Å². The molecule has 20 heavy (non-hydrogen) atoms. The van der Waals surface area contributed by atoms with E-state index in [2.05, 4.69) is 10.4 Å². The molecule has 1 amide bonds. The molecule has 0 bridgehead atoms. The molecule has 3 rings (SSSR count). The van der Waals surface area contributed by atoms with Gasteiger partial charge in [0.15, 0.2) is 0 Å². The fourth-order valence-electron chi connectivity index (χ4n) is 2.15. The first-order valence-electron chi connectivity index (χ1n) is 6.39. The molecule has 0 saturated carbocycles. The zero-order valence-electron chi connectivity index (χ0n) is 11.2. The van der Waals surface area contributed by atoms with Crippen molar-refractivity contribution in [2.24, 2.45) is 7.05 Å². The Bertz CT molecular complexity index is 623. The van der Waals surface area contributed by atoms with Crippen LogP contribution in [0.2, 0.25) is 0 Å². The van der Waals surface area contributed by atoms with Crippen molar-refractivity contribution >= 4 is 34.8 Å². The van der Waals surface area contributed by atoms with E-state index >= 15 is 0 Å². The summed E-state index contributed by atoms with van der Waals surface area (Å²) >= 11 is 3.54. The molecule has 1 aliphatic heterocycles. The Labute approximate surface area is 125 Å². The van der Waals surface area contributed by atoms with Crippen LogP contribution < -0.4 is 11.1 Å². The minimum absolute atomic E-state index is 0.0300. The molecule has 0 atom stereocenters. The summed E-state index contributed by atoms with van der Waals surface area (Å²) in [7, 11) is 1.78. The van der Waals surface area contributed by atoms with E-state index in [0.29, 0.717) is 12.4 Å². The number of fused-ring (bicyclic) bond motifs is 1. The van der Waals surface area contributed by atoms with Gasteiger partial charge in [-0.25, -0.2) is 0 Å².